The van der Waals surface area contributed by atoms with Gasteiger partial charge in [-0.25, -0.2) is 0 Å². The van der Waals surface area contributed by atoms with Crippen LogP contribution in [-0.2, 0) is 16.0 Å². The zero-order valence-electron chi connectivity index (χ0n) is 10.4. The van der Waals surface area contributed by atoms with Crippen LogP contribution in [0.1, 0.15) is 18.4 Å². The predicted molar refractivity (Wildman–Crippen MR) is 69.0 cm³/mol. The molecule has 1 aromatic rings. The van der Waals surface area contributed by atoms with Crippen molar-refractivity contribution in [3.8, 4) is 0 Å². The van der Waals surface area contributed by atoms with Crippen molar-refractivity contribution in [2.45, 2.75) is 19.3 Å². The largest absolute Gasteiger partial charge is 0.354 e. The number of amides is 2. The van der Waals surface area contributed by atoms with Gasteiger partial charge in [0.15, 0.2) is 0 Å². The van der Waals surface area contributed by atoms with Crippen molar-refractivity contribution >= 4 is 11.8 Å². The molecule has 1 heterocycles. The third kappa shape index (κ3) is 3.58. The molecule has 96 valence electrons. The SMILES string of the molecule is O=C1CN(C(=O)CCc2ccccc2)CCCN1. The smallest absolute Gasteiger partial charge is 0.239 e. The standard InChI is InChI=1S/C14H18N2O2/c17-13-11-16(10-4-9-15-13)14(18)8-7-12-5-2-1-3-6-12/h1-3,5-6H,4,7-11H2,(H,15,17). The summed E-state index contributed by atoms with van der Waals surface area (Å²) in [4.78, 5) is 25.0. The van der Waals surface area contributed by atoms with Crippen molar-refractivity contribution in [1.29, 1.82) is 0 Å². The van der Waals surface area contributed by atoms with Gasteiger partial charge in [-0.2, -0.15) is 0 Å². The van der Waals surface area contributed by atoms with Crippen LogP contribution in [0.2, 0.25) is 0 Å². The Labute approximate surface area is 107 Å². The summed E-state index contributed by atoms with van der Waals surface area (Å²) in [5.74, 6) is 0.0106. The maximum absolute atomic E-state index is 12.0. The number of nitrogens with one attached hydrogen (secondary N) is 1. The molecule has 4 nitrogen and oxygen atoms in total. The average Bonchev–Trinajstić information content (AvgIpc) is 2.62. The van der Waals surface area contributed by atoms with Crippen molar-refractivity contribution in [2.75, 3.05) is 19.6 Å². The summed E-state index contributed by atoms with van der Waals surface area (Å²) in [5.41, 5.74) is 1.16. The molecule has 0 spiro atoms. The summed E-state index contributed by atoms with van der Waals surface area (Å²) in [5, 5.41) is 2.77. The van der Waals surface area contributed by atoms with Crippen molar-refractivity contribution < 1.29 is 9.59 Å². The van der Waals surface area contributed by atoms with E-state index in [9.17, 15) is 9.59 Å². The van der Waals surface area contributed by atoms with E-state index in [1.165, 1.54) is 0 Å². The Morgan fingerprint density at radius 2 is 2.06 bits per heavy atom. The summed E-state index contributed by atoms with van der Waals surface area (Å²) in [6.07, 6.45) is 2.04. The zero-order valence-corrected chi connectivity index (χ0v) is 10.4. The van der Waals surface area contributed by atoms with E-state index in [-0.39, 0.29) is 18.4 Å². The Hall–Kier alpha value is -1.84. The monoisotopic (exact) mass is 246 g/mol. The predicted octanol–water partition coefficient (Wildman–Crippen LogP) is 0.968. The molecule has 18 heavy (non-hydrogen) atoms. The topological polar surface area (TPSA) is 49.4 Å². The zero-order chi connectivity index (χ0) is 12.8. The highest BCUT2D eigenvalue weighted by Gasteiger charge is 2.19. The summed E-state index contributed by atoms with van der Waals surface area (Å²) in [7, 11) is 0. The first kappa shape index (κ1) is 12.6. The highest BCUT2D eigenvalue weighted by molar-refractivity contribution is 5.85. The molecule has 0 aromatic heterocycles. The van der Waals surface area contributed by atoms with Crippen LogP contribution in [0.25, 0.3) is 0 Å². The molecule has 0 bridgehead atoms. The minimum absolute atomic E-state index is 0.0550. The van der Waals surface area contributed by atoms with Crippen LogP contribution in [0.4, 0.5) is 0 Å². The summed E-state index contributed by atoms with van der Waals surface area (Å²) in [6, 6.07) is 9.94. The second-order valence-corrected chi connectivity index (χ2v) is 4.50. The number of rotatable bonds is 3. The van der Waals surface area contributed by atoms with E-state index in [1.54, 1.807) is 4.90 Å². The number of benzene rings is 1. The maximum atomic E-state index is 12.0. The van der Waals surface area contributed by atoms with Crippen LogP contribution < -0.4 is 5.32 Å². The third-order valence-electron chi connectivity index (χ3n) is 3.08. The molecule has 1 aliphatic rings. The lowest BCUT2D eigenvalue weighted by molar-refractivity contribution is -0.135. The van der Waals surface area contributed by atoms with Crippen molar-refractivity contribution in [2.24, 2.45) is 0 Å². The van der Waals surface area contributed by atoms with E-state index < -0.39 is 0 Å². The Kier molecular flexibility index (Phi) is 4.34. The lowest BCUT2D eigenvalue weighted by Crippen LogP contribution is -2.37. The molecule has 1 fully saturated rings. The molecule has 1 aliphatic heterocycles. The number of aryl methyl sites for hydroxylation is 1. The van der Waals surface area contributed by atoms with E-state index in [4.69, 9.17) is 0 Å². The van der Waals surface area contributed by atoms with Crippen LogP contribution in [0.5, 0.6) is 0 Å². The lowest BCUT2D eigenvalue weighted by Gasteiger charge is -2.18. The number of nitrogens with zero attached hydrogens (tertiary/aromatic N) is 1. The van der Waals surface area contributed by atoms with Crippen LogP contribution in [0.3, 0.4) is 0 Å². The fourth-order valence-electron chi connectivity index (χ4n) is 2.07. The maximum Gasteiger partial charge on any atom is 0.239 e. The van der Waals surface area contributed by atoms with Crippen molar-refractivity contribution in [3.05, 3.63) is 35.9 Å². The van der Waals surface area contributed by atoms with Gasteiger partial charge in [0.1, 0.15) is 0 Å². The number of carbonyl (C=O) groups is 2. The first-order valence-corrected chi connectivity index (χ1v) is 6.34. The summed E-state index contributed by atoms with van der Waals surface area (Å²) >= 11 is 0. The molecular formula is C14H18N2O2. The fourth-order valence-corrected chi connectivity index (χ4v) is 2.07. The molecule has 0 saturated carbocycles. The Bertz CT molecular complexity index is 417. The molecular weight excluding hydrogens is 228 g/mol. The van der Waals surface area contributed by atoms with E-state index in [0.717, 1.165) is 18.4 Å². The summed E-state index contributed by atoms with van der Waals surface area (Å²) < 4.78 is 0. The third-order valence-corrected chi connectivity index (χ3v) is 3.08. The molecule has 0 aliphatic carbocycles. The van der Waals surface area contributed by atoms with Gasteiger partial charge in [-0.15, -0.1) is 0 Å². The average molecular weight is 246 g/mol. The molecule has 0 atom stereocenters. The first-order chi connectivity index (χ1) is 8.75. The minimum Gasteiger partial charge on any atom is -0.354 e. The second-order valence-electron chi connectivity index (χ2n) is 4.50. The van der Waals surface area contributed by atoms with Crippen LogP contribution in [0.15, 0.2) is 30.3 Å². The fraction of sp³-hybridized carbons (Fsp3) is 0.429. The number of carbonyl (C=O) groups excluding carboxylic acids is 2. The van der Waals surface area contributed by atoms with Gasteiger partial charge in [0, 0.05) is 19.5 Å². The van der Waals surface area contributed by atoms with Gasteiger partial charge in [0.25, 0.3) is 0 Å². The molecule has 4 heteroatoms. The normalized spacial score (nSPS) is 16.0. The molecule has 2 rings (SSSR count). The van der Waals surface area contributed by atoms with Crippen LogP contribution in [0, 0.1) is 0 Å². The van der Waals surface area contributed by atoms with Crippen LogP contribution in [-0.4, -0.2) is 36.3 Å². The van der Waals surface area contributed by atoms with E-state index >= 15 is 0 Å². The Balaban J connectivity index is 1.85. The highest BCUT2D eigenvalue weighted by atomic mass is 16.2. The van der Waals surface area contributed by atoms with E-state index in [2.05, 4.69) is 5.32 Å². The molecule has 1 aromatic carbocycles. The molecule has 0 unspecified atom stereocenters. The van der Waals surface area contributed by atoms with E-state index in [0.29, 0.717) is 19.5 Å². The van der Waals surface area contributed by atoms with Gasteiger partial charge in [-0.05, 0) is 18.4 Å². The molecule has 2 amide bonds. The molecule has 0 radical (unpaired) electrons. The minimum atomic E-state index is -0.0550. The number of hydrogen-bond donors (Lipinski definition) is 1. The summed E-state index contributed by atoms with van der Waals surface area (Å²) in [6.45, 7) is 1.54. The lowest BCUT2D eigenvalue weighted by atomic mass is 10.1. The van der Waals surface area contributed by atoms with Crippen molar-refractivity contribution in [3.63, 3.8) is 0 Å². The van der Waals surface area contributed by atoms with Gasteiger partial charge in [-0.3, -0.25) is 9.59 Å². The first-order valence-electron chi connectivity index (χ1n) is 6.34. The molecule has 1 N–H and O–H groups in total. The Morgan fingerprint density at radius 3 is 2.83 bits per heavy atom. The second kappa shape index (κ2) is 6.19. The highest BCUT2D eigenvalue weighted by Crippen LogP contribution is 2.06. The quantitative estimate of drug-likeness (QED) is 0.864. The Morgan fingerprint density at radius 1 is 1.28 bits per heavy atom. The number of hydrogen-bond acceptors (Lipinski definition) is 2. The van der Waals surface area contributed by atoms with Gasteiger partial charge in [0.2, 0.25) is 11.8 Å². The van der Waals surface area contributed by atoms with Gasteiger partial charge < -0.3 is 10.2 Å². The molecule has 1 saturated heterocycles. The van der Waals surface area contributed by atoms with E-state index in [1.807, 2.05) is 30.3 Å². The van der Waals surface area contributed by atoms with Gasteiger partial charge >= 0.3 is 0 Å². The van der Waals surface area contributed by atoms with Gasteiger partial charge in [0.05, 0.1) is 6.54 Å². The van der Waals surface area contributed by atoms with Crippen LogP contribution >= 0.6 is 0 Å². The van der Waals surface area contributed by atoms with Gasteiger partial charge in [-0.1, -0.05) is 30.3 Å². The van der Waals surface area contributed by atoms with Crippen molar-refractivity contribution in [1.82, 2.24) is 10.2 Å².